The van der Waals surface area contributed by atoms with Crippen LogP contribution in [-0.2, 0) is 0 Å². The minimum atomic E-state index is 0.488. The molecule has 5 heteroatoms. The van der Waals surface area contributed by atoms with E-state index in [0.717, 1.165) is 34.9 Å². The molecule has 2 N–H and O–H groups in total. The summed E-state index contributed by atoms with van der Waals surface area (Å²) in [7, 11) is 1.68. The van der Waals surface area contributed by atoms with E-state index in [1.165, 1.54) is 5.39 Å². The molecule has 0 saturated heterocycles. The van der Waals surface area contributed by atoms with Gasteiger partial charge in [0.25, 0.3) is 0 Å². The Bertz CT molecular complexity index is 894. The smallest absolute Gasteiger partial charge is 0.184 e. The first-order valence-electron chi connectivity index (χ1n) is 9.89. The number of nitrogens with zero attached hydrogens (tertiary/aromatic N) is 1. The van der Waals surface area contributed by atoms with E-state index in [1.807, 2.05) is 24.4 Å². The Balaban J connectivity index is 1.73. The van der Waals surface area contributed by atoms with Crippen molar-refractivity contribution in [2.24, 2.45) is 0 Å². The molecule has 3 aromatic rings. The molecule has 0 atom stereocenters. The van der Waals surface area contributed by atoms with Crippen LogP contribution < -0.4 is 14.8 Å². The van der Waals surface area contributed by atoms with Gasteiger partial charge in [-0.15, -0.1) is 0 Å². The summed E-state index contributed by atoms with van der Waals surface area (Å²) in [5.74, 6) is 1.47. The Hall–Kier alpha value is -2.66. The van der Waals surface area contributed by atoms with E-state index in [9.17, 15) is 0 Å². The van der Waals surface area contributed by atoms with Gasteiger partial charge in [0.2, 0.25) is 0 Å². The van der Waals surface area contributed by atoms with Crippen molar-refractivity contribution in [3.05, 3.63) is 48.7 Å². The third kappa shape index (κ3) is 4.60. The third-order valence-electron chi connectivity index (χ3n) is 4.95. The molecule has 150 valence electrons. The van der Waals surface area contributed by atoms with Gasteiger partial charge in [0.1, 0.15) is 6.61 Å². The number of aromatic amines is 1. The maximum atomic E-state index is 6.08. The number of anilines is 2. The number of hydrogen-bond donors (Lipinski definition) is 2. The zero-order chi connectivity index (χ0) is 20.1. The molecular formula is C23H31N3O2. The Morgan fingerprint density at radius 3 is 2.54 bits per heavy atom. The highest BCUT2D eigenvalue weighted by molar-refractivity contribution is 5.84. The summed E-state index contributed by atoms with van der Waals surface area (Å²) in [5, 5.41) is 4.62. The quantitative estimate of drug-likeness (QED) is 0.520. The molecule has 28 heavy (non-hydrogen) atoms. The van der Waals surface area contributed by atoms with Crippen LogP contribution in [0, 0.1) is 0 Å². The number of benzene rings is 2. The van der Waals surface area contributed by atoms with Gasteiger partial charge in [-0.1, -0.05) is 6.07 Å². The molecule has 0 saturated carbocycles. The zero-order valence-corrected chi connectivity index (χ0v) is 17.5. The van der Waals surface area contributed by atoms with Gasteiger partial charge in [-0.2, -0.15) is 0 Å². The van der Waals surface area contributed by atoms with Crippen molar-refractivity contribution in [2.45, 2.75) is 39.8 Å². The van der Waals surface area contributed by atoms with Gasteiger partial charge in [-0.05, 0) is 64.1 Å². The number of fused-ring (bicyclic) bond motifs is 1. The van der Waals surface area contributed by atoms with Gasteiger partial charge in [-0.3, -0.25) is 4.90 Å². The highest BCUT2D eigenvalue weighted by Crippen LogP contribution is 2.37. The normalized spacial score (nSPS) is 11.6. The summed E-state index contributed by atoms with van der Waals surface area (Å²) in [6.07, 6.45) is 1.95. The summed E-state index contributed by atoms with van der Waals surface area (Å²) in [6, 6.07) is 15.2. The average Bonchev–Trinajstić information content (AvgIpc) is 3.12. The van der Waals surface area contributed by atoms with Crippen LogP contribution in [0.25, 0.3) is 10.9 Å². The Morgan fingerprint density at radius 1 is 1.04 bits per heavy atom. The summed E-state index contributed by atoms with van der Waals surface area (Å²) >= 11 is 0. The van der Waals surface area contributed by atoms with E-state index in [-0.39, 0.29) is 0 Å². The fourth-order valence-corrected chi connectivity index (χ4v) is 3.60. The van der Waals surface area contributed by atoms with Crippen LogP contribution in [0.5, 0.6) is 11.5 Å². The van der Waals surface area contributed by atoms with Crippen molar-refractivity contribution in [1.82, 2.24) is 9.88 Å². The third-order valence-corrected chi connectivity index (χ3v) is 4.95. The molecule has 1 heterocycles. The van der Waals surface area contributed by atoms with E-state index < -0.39 is 0 Å². The summed E-state index contributed by atoms with van der Waals surface area (Å²) in [6.45, 7) is 10.4. The number of methoxy groups -OCH3 is 1. The molecule has 0 aliphatic carbocycles. The molecule has 0 bridgehead atoms. The molecule has 2 aromatic carbocycles. The minimum absolute atomic E-state index is 0.488. The van der Waals surface area contributed by atoms with Crippen molar-refractivity contribution in [1.29, 1.82) is 0 Å². The van der Waals surface area contributed by atoms with Crippen LogP contribution in [0.15, 0.2) is 48.7 Å². The Labute approximate surface area is 167 Å². The molecule has 0 radical (unpaired) electrons. The van der Waals surface area contributed by atoms with Crippen molar-refractivity contribution in [3.63, 3.8) is 0 Å². The molecule has 1 aromatic heterocycles. The molecule has 3 rings (SSSR count). The van der Waals surface area contributed by atoms with Gasteiger partial charge in [0, 0.05) is 41.4 Å². The molecule has 0 spiro atoms. The van der Waals surface area contributed by atoms with Crippen LogP contribution in [0.3, 0.4) is 0 Å². The lowest BCUT2D eigenvalue weighted by atomic mass is 10.2. The van der Waals surface area contributed by atoms with Crippen molar-refractivity contribution >= 4 is 22.3 Å². The lowest BCUT2D eigenvalue weighted by Gasteiger charge is -2.30. The molecule has 0 unspecified atom stereocenters. The molecule has 0 fully saturated rings. The van der Waals surface area contributed by atoms with Gasteiger partial charge >= 0.3 is 0 Å². The first-order chi connectivity index (χ1) is 13.5. The second kappa shape index (κ2) is 9.02. The maximum Gasteiger partial charge on any atom is 0.184 e. The first kappa shape index (κ1) is 20.1. The van der Waals surface area contributed by atoms with E-state index >= 15 is 0 Å². The lowest BCUT2D eigenvalue weighted by molar-refractivity contribution is 0.140. The van der Waals surface area contributed by atoms with Crippen LogP contribution >= 0.6 is 0 Å². The van der Waals surface area contributed by atoms with Crippen molar-refractivity contribution < 1.29 is 9.47 Å². The van der Waals surface area contributed by atoms with Gasteiger partial charge in [0.05, 0.1) is 12.8 Å². The van der Waals surface area contributed by atoms with Crippen LogP contribution in [0.1, 0.15) is 27.7 Å². The second-order valence-corrected chi connectivity index (χ2v) is 7.52. The number of H-pyrrole nitrogens is 1. The number of rotatable bonds is 9. The fraction of sp³-hybridized carbons (Fsp3) is 0.391. The predicted octanol–water partition coefficient (Wildman–Crippen LogP) is 5.42. The van der Waals surface area contributed by atoms with Gasteiger partial charge < -0.3 is 19.8 Å². The van der Waals surface area contributed by atoms with Crippen LogP contribution in [0.4, 0.5) is 11.4 Å². The molecular weight excluding hydrogens is 350 g/mol. The topological polar surface area (TPSA) is 49.5 Å². The Kier molecular flexibility index (Phi) is 6.47. The molecule has 0 aliphatic rings. The number of nitrogens with one attached hydrogen (secondary N) is 2. The minimum Gasteiger partial charge on any atom is -0.491 e. The van der Waals surface area contributed by atoms with Gasteiger partial charge in [-0.25, -0.2) is 0 Å². The molecule has 5 nitrogen and oxygen atoms in total. The summed E-state index contributed by atoms with van der Waals surface area (Å²) < 4.78 is 11.7. The average molecular weight is 382 g/mol. The standard InChI is InChI=1S/C23H31N3O2/c1-16(2)26(17(3)4)13-14-28-22-8-6-7-21(23(22)27-5)25-19-9-10-20-18(15-19)11-12-24-20/h6-12,15-17,24-25H,13-14H2,1-5H3. The lowest BCUT2D eigenvalue weighted by Crippen LogP contribution is -2.39. The van der Waals surface area contributed by atoms with Crippen molar-refractivity contribution in [3.8, 4) is 11.5 Å². The van der Waals surface area contributed by atoms with E-state index in [0.29, 0.717) is 18.7 Å². The summed E-state index contributed by atoms with van der Waals surface area (Å²) in [5.41, 5.74) is 3.02. The van der Waals surface area contributed by atoms with Crippen molar-refractivity contribution in [2.75, 3.05) is 25.6 Å². The number of para-hydroxylation sites is 1. The molecule has 0 aliphatic heterocycles. The SMILES string of the molecule is COc1c(Nc2ccc3[nH]ccc3c2)cccc1OCCN(C(C)C)C(C)C. The first-order valence-corrected chi connectivity index (χ1v) is 9.89. The maximum absolute atomic E-state index is 6.08. The van der Waals surface area contributed by atoms with E-state index in [2.05, 4.69) is 67.2 Å². The van der Waals surface area contributed by atoms with Crippen LogP contribution in [-0.4, -0.2) is 42.2 Å². The fourth-order valence-electron chi connectivity index (χ4n) is 3.60. The second-order valence-electron chi connectivity index (χ2n) is 7.52. The molecule has 0 amide bonds. The number of hydrogen-bond acceptors (Lipinski definition) is 4. The highest BCUT2D eigenvalue weighted by Gasteiger charge is 2.15. The zero-order valence-electron chi connectivity index (χ0n) is 17.5. The van der Waals surface area contributed by atoms with E-state index in [4.69, 9.17) is 9.47 Å². The van der Waals surface area contributed by atoms with Gasteiger partial charge in [0.15, 0.2) is 11.5 Å². The monoisotopic (exact) mass is 381 g/mol. The van der Waals surface area contributed by atoms with Crippen LogP contribution in [0.2, 0.25) is 0 Å². The Morgan fingerprint density at radius 2 is 1.82 bits per heavy atom. The predicted molar refractivity (Wildman–Crippen MR) is 117 cm³/mol. The van der Waals surface area contributed by atoms with E-state index in [1.54, 1.807) is 7.11 Å². The largest absolute Gasteiger partial charge is 0.491 e. The highest BCUT2D eigenvalue weighted by atomic mass is 16.5. The number of ether oxygens (including phenoxy) is 2. The summed E-state index contributed by atoms with van der Waals surface area (Å²) in [4.78, 5) is 5.63. The number of aromatic nitrogens is 1.